The van der Waals surface area contributed by atoms with E-state index in [0.29, 0.717) is 19.4 Å². The first kappa shape index (κ1) is 13.1. The van der Waals surface area contributed by atoms with Gasteiger partial charge in [0.1, 0.15) is 11.5 Å². The van der Waals surface area contributed by atoms with Gasteiger partial charge in [0, 0.05) is 19.4 Å². The number of carbonyl (C=O) groups is 1. The van der Waals surface area contributed by atoms with Crippen LogP contribution in [-0.4, -0.2) is 23.2 Å². The molecule has 18 heavy (non-hydrogen) atoms. The fourth-order valence-electron chi connectivity index (χ4n) is 2.42. The Labute approximate surface area is 107 Å². The van der Waals surface area contributed by atoms with Crippen LogP contribution >= 0.6 is 0 Å². The molecule has 1 aliphatic rings. The monoisotopic (exact) mass is 251 g/mol. The highest BCUT2D eigenvalue weighted by Gasteiger charge is 2.31. The number of nitrogens with one attached hydrogen (secondary N) is 1. The third kappa shape index (κ3) is 3.60. The van der Waals surface area contributed by atoms with E-state index in [1.807, 2.05) is 19.1 Å². The predicted molar refractivity (Wildman–Crippen MR) is 68.2 cm³/mol. The first-order valence-corrected chi connectivity index (χ1v) is 6.62. The van der Waals surface area contributed by atoms with E-state index in [-0.39, 0.29) is 5.91 Å². The Morgan fingerprint density at radius 1 is 1.44 bits per heavy atom. The summed E-state index contributed by atoms with van der Waals surface area (Å²) in [7, 11) is 0. The Morgan fingerprint density at radius 2 is 2.17 bits per heavy atom. The predicted octanol–water partition coefficient (Wildman–Crippen LogP) is 1.94. The van der Waals surface area contributed by atoms with Gasteiger partial charge in [0.2, 0.25) is 5.91 Å². The van der Waals surface area contributed by atoms with Crippen molar-refractivity contribution in [1.29, 1.82) is 0 Å². The van der Waals surface area contributed by atoms with Crippen LogP contribution in [0.5, 0.6) is 0 Å². The van der Waals surface area contributed by atoms with E-state index in [0.717, 1.165) is 37.2 Å². The molecule has 1 saturated carbocycles. The van der Waals surface area contributed by atoms with Crippen LogP contribution in [-0.2, 0) is 11.2 Å². The zero-order valence-electron chi connectivity index (χ0n) is 10.9. The number of furan rings is 1. The molecule has 0 aromatic carbocycles. The summed E-state index contributed by atoms with van der Waals surface area (Å²) in [5.41, 5.74) is -0.670. The lowest BCUT2D eigenvalue weighted by Crippen LogP contribution is -2.40. The summed E-state index contributed by atoms with van der Waals surface area (Å²) in [5, 5.41) is 12.9. The molecule has 0 atom stereocenters. The molecule has 1 aliphatic carbocycles. The lowest BCUT2D eigenvalue weighted by molar-refractivity contribution is -0.122. The number of aryl methyl sites for hydroxylation is 2. The number of amides is 1. The fraction of sp³-hybridized carbons (Fsp3) is 0.643. The summed E-state index contributed by atoms with van der Waals surface area (Å²) in [4.78, 5) is 11.7. The molecule has 1 aromatic heterocycles. The normalized spacial score (nSPS) is 17.9. The number of hydrogen-bond acceptors (Lipinski definition) is 3. The van der Waals surface area contributed by atoms with Crippen molar-refractivity contribution < 1.29 is 14.3 Å². The van der Waals surface area contributed by atoms with Crippen LogP contribution < -0.4 is 5.32 Å². The Balaban J connectivity index is 1.69. The average molecular weight is 251 g/mol. The van der Waals surface area contributed by atoms with E-state index in [2.05, 4.69) is 5.32 Å². The van der Waals surface area contributed by atoms with Gasteiger partial charge in [-0.15, -0.1) is 0 Å². The van der Waals surface area contributed by atoms with Crippen LogP contribution in [0.1, 0.15) is 43.6 Å². The first-order valence-electron chi connectivity index (χ1n) is 6.62. The SMILES string of the molecule is Cc1ccc(CCC(=O)NCC2(O)CCCC2)o1. The standard InChI is InChI=1S/C14H21NO3/c1-11-4-5-12(18-11)6-7-13(16)15-10-14(17)8-2-3-9-14/h4-5,17H,2-3,6-10H2,1H3,(H,15,16). The molecular weight excluding hydrogens is 230 g/mol. The highest BCUT2D eigenvalue weighted by Crippen LogP contribution is 2.28. The van der Waals surface area contributed by atoms with Crippen LogP contribution in [0.25, 0.3) is 0 Å². The molecule has 1 aromatic rings. The van der Waals surface area contributed by atoms with Crippen LogP contribution in [0.4, 0.5) is 0 Å². The van der Waals surface area contributed by atoms with Crippen LogP contribution in [0.2, 0.25) is 0 Å². The molecule has 1 amide bonds. The van der Waals surface area contributed by atoms with Crippen molar-refractivity contribution in [3.05, 3.63) is 23.7 Å². The van der Waals surface area contributed by atoms with Gasteiger partial charge >= 0.3 is 0 Å². The van der Waals surface area contributed by atoms with Crippen molar-refractivity contribution in [2.45, 2.75) is 51.0 Å². The molecule has 0 spiro atoms. The number of rotatable bonds is 5. The molecule has 1 fully saturated rings. The van der Waals surface area contributed by atoms with Crippen molar-refractivity contribution in [3.63, 3.8) is 0 Å². The van der Waals surface area contributed by atoms with Crippen molar-refractivity contribution in [2.24, 2.45) is 0 Å². The number of hydrogen-bond donors (Lipinski definition) is 2. The molecule has 4 nitrogen and oxygen atoms in total. The van der Waals surface area contributed by atoms with Gasteiger partial charge in [-0.2, -0.15) is 0 Å². The van der Waals surface area contributed by atoms with E-state index < -0.39 is 5.60 Å². The van der Waals surface area contributed by atoms with E-state index in [4.69, 9.17) is 4.42 Å². The lowest BCUT2D eigenvalue weighted by atomic mass is 10.0. The van der Waals surface area contributed by atoms with Crippen LogP contribution in [0.15, 0.2) is 16.5 Å². The molecule has 1 heterocycles. The van der Waals surface area contributed by atoms with Crippen LogP contribution in [0, 0.1) is 6.92 Å². The third-order valence-electron chi connectivity index (χ3n) is 3.54. The third-order valence-corrected chi connectivity index (χ3v) is 3.54. The van der Waals surface area contributed by atoms with Gasteiger partial charge in [-0.25, -0.2) is 0 Å². The molecule has 0 unspecified atom stereocenters. The summed E-state index contributed by atoms with van der Waals surface area (Å²) in [6.07, 6.45) is 4.71. The maximum Gasteiger partial charge on any atom is 0.220 e. The minimum atomic E-state index is -0.670. The Morgan fingerprint density at radius 3 is 2.78 bits per heavy atom. The maximum absolute atomic E-state index is 11.7. The molecular formula is C14H21NO3. The molecule has 0 saturated heterocycles. The molecule has 0 radical (unpaired) electrons. The second kappa shape index (κ2) is 5.57. The van der Waals surface area contributed by atoms with Crippen molar-refractivity contribution in [3.8, 4) is 0 Å². The number of carbonyl (C=O) groups excluding carboxylic acids is 1. The number of aliphatic hydroxyl groups is 1. The molecule has 0 aliphatic heterocycles. The first-order chi connectivity index (χ1) is 8.57. The summed E-state index contributed by atoms with van der Waals surface area (Å²) in [6.45, 7) is 2.27. The summed E-state index contributed by atoms with van der Waals surface area (Å²) in [5.74, 6) is 1.68. The van der Waals surface area contributed by atoms with Crippen molar-refractivity contribution in [2.75, 3.05) is 6.54 Å². The topological polar surface area (TPSA) is 62.5 Å². The lowest BCUT2D eigenvalue weighted by Gasteiger charge is -2.22. The highest BCUT2D eigenvalue weighted by atomic mass is 16.3. The van der Waals surface area contributed by atoms with Gasteiger partial charge in [0.15, 0.2) is 0 Å². The summed E-state index contributed by atoms with van der Waals surface area (Å²) >= 11 is 0. The zero-order valence-corrected chi connectivity index (χ0v) is 10.9. The maximum atomic E-state index is 11.7. The van der Waals surface area contributed by atoms with Gasteiger partial charge in [0.05, 0.1) is 5.60 Å². The molecule has 4 heteroatoms. The van der Waals surface area contributed by atoms with Crippen molar-refractivity contribution in [1.82, 2.24) is 5.32 Å². The Bertz CT molecular complexity index is 405. The second-order valence-electron chi connectivity index (χ2n) is 5.22. The highest BCUT2D eigenvalue weighted by molar-refractivity contribution is 5.76. The zero-order chi connectivity index (χ0) is 13.0. The smallest absolute Gasteiger partial charge is 0.220 e. The van der Waals surface area contributed by atoms with E-state index in [1.165, 1.54) is 0 Å². The van der Waals surface area contributed by atoms with Gasteiger partial charge in [-0.05, 0) is 31.9 Å². The molecule has 0 bridgehead atoms. The van der Waals surface area contributed by atoms with E-state index >= 15 is 0 Å². The van der Waals surface area contributed by atoms with Gasteiger partial charge in [0.25, 0.3) is 0 Å². The van der Waals surface area contributed by atoms with Gasteiger partial charge in [-0.3, -0.25) is 4.79 Å². The van der Waals surface area contributed by atoms with Crippen molar-refractivity contribution >= 4 is 5.91 Å². The Kier molecular flexibility index (Phi) is 4.07. The average Bonchev–Trinajstić information content (AvgIpc) is 2.94. The summed E-state index contributed by atoms with van der Waals surface area (Å²) in [6, 6.07) is 3.79. The van der Waals surface area contributed by atoms with Gasteiger partial charge < -0.3 is 14.8 Å². The Hall–Kier alpha value is -1.29. The quantitative estimate of drug-likeness (QED) is 0.840. The van der Waals surface area contributed by atoms with Crippen LogP contribution in [0.3, 0.4) is 0 Å². The molecule has 100 valence electrons. The minimum absolute atomic E-state index is 0.0237. The van der Waals surface area contributed by atoms with E-state index in [1.54, 1.807) is 0 Å². The fourth-order valence-corrected chi connectivity index (χ4v) is 2.42. The largest absolute Gasteiger partial charge is 0.466 e. The van der Waals surface area contributed by atoms with Gasteiger partial charge in [-0.1, -0.05) is 12.8 Å². The minimum Gasteiger partial charge on any atom is -0.466 e. The summed E-state index contributed by atoms with van der Waals surface area (Å²) < 4.78 is 5.40. The molecule has 2 N–H and O–H groups in total. The second-order valence-corrected chi connectivity index (χ2v) is 5.22. The molecule has 2 rings (SSSR count). The van der Waals surface area contributed by atoms with E-state index in [9.17, 15) is 9.90 Å².